The van der Waals surface area contributed by atoms with Crippen LogP contribution in [0.5, 0.6) is 0 Å². The van der Waals surface area contributed by atoms with Gasteiger partial charge in [0.25, 0.3) is 5.56 Å². The first kappa shape index (κ1) is 17.3. The Balaban J connectivity index is 1.52. The van der Waals surface area contributed by atoms with Crippen molar-refractivity contribution in [1.29, 1.82) is 0 Å². The van der Waals surface area contributed by atoms with Crippen LogP contribution in [0.4, 0.5) is 0 Å². The van der Waals surface area contributed by atoms with Crippen LogP contribution in [0, 0.1) is 25.2 Å². The number of nitrogens with zero attached hydrogens (tertiary/aromatic N) is 4. The van der Waals surface area contributed by atoms with Gasteiger partial charge in [-0.2, -0.15) is 5.10 Å². The Morgan fingerprint density at radius 2 is 2.08 bits per heavy atom. The zero-order valence-corrected chi connectivity index (χ0v) is 16.0. The zero-order chi connectivity index (χ0) is 18.6. The zero-order valence-electron chi connectivity index (χ0n) is 16.0. The molecular weight excluding hydrogens is 330 g/mol. The van der Waals surface area contributed by atoms with Gasteiger partial charge in [-0.25, -0.2) is 4.79 Å². The molecular formula is C19H27N5O2. The summed E-state index contributed by atoms with van der Waals surface area (Å²) in [7, 11) is 1.86. The van der Waals surface area contributed by atoms with E-state index in [0.29, 0.717) is 17.5 Å². The number of likely N-dealkylation sites (tertiary alicyclic amines) is 1. The monoisotopic (exact) mass is 357 g/mol. The van der Waals surface area contributed by atoms with Crippen molar-refractivity contribution in [3.63, 3.8) is 0 Å². The molecule has 1 saturated carbocycles. The summed E-state index contributed by atoms with van der Waals surface area (Å²) in [5.41, 5.74) is 2.91. The molecule has 0 unspecified atom stereocenters. The summed E-state index contributed by atoms with van der Waals surface area (Å²) in [5.74, 6) is 0.876. The van der Waals surface area contributed by atoms with Gasteiger partial charge in [-0.1, -0.05) is 6.92 Å². The van der Waals surface area contributed by atoms with E-state index in [9.17, 15) is 9.59 Å². The highest BCUT2D eigenvalue weighted by atomic mass is 16.2. The van der Waals surface area contributed by atoms with E-state index >= 15 is 0 Å². The number of aryl methyl sites for hydroxylation is 3. The molecule has 1 aliphatic carbocycles. The van der Waals surface area contributed by atoms with Crippen molar-refractivity contribution in [2.24, 2.45) is 18.4 Å². The van der Waals surface area contributed by atoms with E-state index in [2.05, 4.69) is 21.9 Å². The number of hydrogen-bond donors (Lipinski definition) is 1. The van der Waals surface area contributed by atoms with Crippen molar-refractivity contribution >= 4 is 0 Å². The fraction of sp³-hybridized carbons (Fsp3) is 0.632. The largest absolute Gasteiger partial charge is 0.328 e. The summed E-state index contributed by atoms with van der Waals surface area (Å²) < 4.78 is 3.39. The highest BCUT2D eigenvalue weighted by Crippen LogP contribution is 2.57. The number of nitrogens with one attached hydrogen (secondary N) is 1. The van der Waals surface area contributed by atoms with Crippen LogP contribution in [0.3, 0.4) is 0 Å². The highest BCUT2D eigenvalue weighted by Gasteiger charge is 2.55. The molecule has 2 aliphatic rings. The van der Waals surface area contributed by atoms with Crippen molar-refractivity contribution in [3.8, 4) is 11.1 Å². The molecule has 0 bridgehead atoms. The summed E-state index contributed by atoms with van der Waals surface area (Å²) >= 11 is 0. The molecule has 1 aliphatic heterocycles. The van der Waals surface area contributed by atoms with Crippen LogP contribution in [0.1, 0.15) is 31.2 Å². The quantitative estimate of drug-likeness (QED) is 0.875. The smallest absolute Gasteiger partial charge is 0.302 e. The second kappa shape index (κ2) is 5.94. The van der Waals surface area contributed by atoms with Gasteiger partial charge in [0.1, 0.15) is 0 Å². The van der Waals surface area contributed by atoms with Crippen LogP contribution in [-0.2, 0) is 13.6 Å². The third-order valence-electron chi connectivity index (χ3n) is 6.26. The van der Waals surface area contributed by atoms with Gasteiger partial charge in [0, 0.05) is 44.1 Å². The van der Waals surface area contributed by atoms with E-state index in [0.717, 1.165) is 35.8 Å². The van der Waals surface area contributed by atoms with Crippen molar-refractivity contribution in [2.75, 3.05) is 19.6 Å². The van der Waals surface area contributed by atoms with E-state index in [1.807, 2.05) is 20.9 Å². The van der Waals surface area contributed by atoms with Gasteiger partial charge < -0.3 is 4.90 Å². The Hall–Kier alpha value is -2.15. The number of rotatable bonds is 5. The third kappa shape index (κ3) is 2.84. The minimum Gasteiger partial charge on any atom is -0.302 e. The van der Waals surface area contributed by atoms with Gasteiger partial charge in [-0.3, -0.25) is 19.0 Å². The first-order valence-corrected chi connectivity index (χ1v) is 9.35. The van der Waals surface area contributed by atoms with Crippen molar-refractivity contribution in [1.82, 2.24) is 24.2 Å². The SMILES string of the molecule is Cc1nn(C)c(C)c1-c1cn(CCCN2C[C@@H]3C[C@]3(C)C2)c(=O)[nH]c1=O. The lowest BCUT2D eigenvalue weighted by Crippen LogP contribution is -2.32. The lowest BCUT2D eigenvalue weighted by atomic mass is 10.1. The maximum atomic E-state index is 12.4. The molecule has 2 atom stereocenters. The molecule has 140 valence electrons. The molecule has 4 rings (SSSR count). The number of H-pyrrole nitrogens is 1. The topological polar surface area (TPSA) is 75.9 Å². The highest BCUT2D eigenvalue weighted by molar-refractivity contribution is 5.66. The van der Waals surface area contributed by atoms with Gasteiger partial charge in [0.05, 0.1) is 11.3 Å². The number of piperidine rings is 1. The Bertz CT molecular complexity index is 969. The van der Waals surface area contributed by atoms with Gasteiger partial charge >= 0.3 is 5.69 Å². The maximum absolute atomic E-state index is 12.4. The summed E-state index contributed by atoms with van der Waals surface area (Å²) in [4.78, 5) is 29.5. The predicted octanol–water partition coefficient (Wildman–Crippen LogP) is 1.29. The first-order chi connectivity index (χ1) is 12.3. The molecule has 7 heteroatoms. The molecule has 2 fully saturated rings. The standard InChI is InChI=1S/C19H27N5O2/c1-12-16(13(2)22(4)21-12)15-10-24(18(26)20-17(15)25)7-5-6-23-9-14-8-19(14,3)11-23/h10,14H,5-9,11H2,1-4H3,(H,20,25,26)/t14-,19+/m0/s1. The summed E-state index contributed by atoms with van der Waals surface area (Å²) in [6, 6.07) is 0. The van der Waals surface area contributed by atoms with E-state index in [4.69, 9.17) is 0 Å². The fourth-order valence-electron chi connectivity index (χ4n) is 4.52. The molecule has 0 aromatic carbocycles. The molecule has 1 saturated heterocycles. The Labute approximate surface area is 152 Å². The van der Waals surface area contributed by atoms with Crippen molar-refractivity contribution in [3.05, 3.63) is 38.4 Å². The minimum atomic E-state index is -0.349. The van der Waals surface area contributed by atoms with E-state index in [1.54, 1.807) is 15.4 Å². The summed E-state index contributed by atoms with van der Waals surface area (Å²) in [6.45, 7) is 10.2. The van der Waals surface area contributed by atoms with E-state index < -0.39 is 0 Å². The summed E-state index contributed by atoms with van der Waals surface area (Å²) in [6.07, 6.45) is 3.97. The van der Waals surface area contributed by atoms with Crippen LogP contribution in [0.2, 0.25) is 0 Å². The minimum absolute atomic E-state index is 0.339. The second-order valence-corrected chi connectivity index (χ2v) is 8.31. The van der Waals surface area contributed by atoms with Crippen LogP contribution in [0.15, 0.2) is 15.8 Å². The average molecular weight is 357 g/mol. The molecule has 2 aromatic rings. The van der Waals surface area contributed by atoms with Gasteiger partial charge in [-0.15, -0.1) is 0 Å². The van der Waals surface area contributed by atoms with E-state index in [-0.39, 0.29) is 11.2 Å². The lowest BCUT2D eigenvalue weighted by molar-refractivity contribution is 0.276. The molecule has 26 heavy (non-hydrogen) atoms. The number of hydrogen-bond acceptors (Lipinski definition) is 4. The molecule has 1 N–H and O–H groups in total. The lowest BCUT2D eigenvalue weighted by Gasteiger charge is -2.19. The van der Waals surface area contributed by atoms with Crippen LogP contribution in [-0.4, -0.2) is 43.9 Å². The van der Waals surface area contributed by atoms with Crippen molar-refractivity contribution in [2.45, 2.75) is 40.2 Å². The van der Waals surface area contributed by atoms with Crippen LogP contribution in [0.25, 0.3) is 11.1 Å². The average Bonchev–Trinajstić information content (AvgIpc) is 2.96. The Kier molecular flexibility index (Phi) is 3.95. The van der Waals surface area contributed by atoms with Gasteiger partial charge in [-0.05, 0) is 44.6 Å². The third-order valence-corrected chi connectivity index (χ3v) is 6.26. The Morgan fingerprint density at radius 3 is 2.69 bits per heavy atom. The number of aromatic nitrogens is 4. The number of aromatic amines is 1. The normalized spacial score (nSPS) is 24.8. The van der Waals surface area contributed by atoms with Crippen LogP contribution >= 0.6 is 0 Å². The van der Waals surface area contributed by atoms with Gasteiger partial charge in [0.15, 0.2) is 0 Å². The molecule has 2 aromatic heterocycles. The molecule has 0 amide bonds. The molecule has 0 radical (unpaired) electrons. The van der Waals surface area contributed by atoms with Crippen LogP contribution < -0.4 is 11.2 Å². The second-order valence-electron chi connectivity index (χ2n) is 8.31. The molecule has 3 heterocycles. The van der Waals surface area contributed by atoms with Gasteiger partial charge in [0.2, 0.25) is 0 Å². The molecule has 0 spiro atoms. The molecule has 7 nitrogen and oxygen atoms in total. The fourth-order valence-corrected chi connectivity index (χ4v) is 4.52. The van der Waals surface area contributed by atoms with Crippen molar-refractivity contribution < 1.29 is 0 Å². The van der Waals surface area contributed by atoms with E-state index in [1.165, 1.54) is 19.5 Å². The first-order valence-electron chi connectivity index (χ1n) is 9.35. The maximum Gasteiger partial charge on any atom is 0.328 e. The summed E-state index contributed by atoms with van der Waals surface area (Å²) in [5, 5.41) is 4.38. The Morgan fingerprint density at radius 1 is 1.31 bits per heavy atom. The number of fused-ring (bicyclic) bond motifs is 1. The predicted molar refractivity (Wildman–Crippen MR) is 100 cm³/mol.